The van der Waals surface area contributed by atoms with Gasteiger partial charge < -0.3 is 18.2 Å². The molecule has 0 aliphatic heterocycles. The Kier molecular flexibility index (Phi) is 10.9. The van der Waals surface area contributed by atoms with Crippen molar-refractivity contribution >= 4 is 39.2 Å². The van der Waals surface area contributed by atoms with E-state index in [1.165, 1.54) is 0 Å². The first-order valence-electron chi connectivity index (χ1n) is 14.9. The van der Waals surface area contributed by atoms with Gasteiger partial charge in [-0.25, -0.2) is 9.37 Å². The van der Waals surface area contributed by atoms with Crippen LogP contribution in [0.15, 0.2) is 12.1 Å². The van der Waals surface area contributed by atoms with Gasteiger partial charge >= 0.3 is 5.97 Å². The summed E-state index contributed by atoms with van der Waals surface area (Å²) in [5, 5.41) is -0.293. The first-order chi connectivity index (χ1) is 17.8. The zero-order chi connectivity index (χ0) is 32.8. The summed E-state index contributed by atoms with van der Waals surface area (Å²) in [6.07, 6.45) is 0. The van der Waals surface area contributed by atoms with Crippen molar-refractivity contribution in [3.05, 3.63) is 17.7 Å². The molecule has 0 aromatic heterocycles. The van der Waals surface area contributed by atoms with Gasteiger partial charge in [0, 0.05) is 0 Å². The van der Waals surface area contributed by atoms with Crippen LogP contribution in [0.5, 0.6) is 17.2 Å². The average molecular weight is 643 g/mol. The van der Waals surface area contributed by atoms with Gasteiger partial charge in [0.25, 0.3) is 33.3 Å². The van der Waals surface area contributed by atoms with Crippen LogP contribution in [0, 0.1) is 0 Å². The van der Waals surface area contributed by atoms with Crippen molar-refractivity contribution in [1.82, 2.24) is 0 Å². The maximum atomic E-state index is 13.6. The Balaban J connectivity index is 3.96. The Hall–Kier alpha value is -1.08. The summed E-state index contributed by atoms with van der Waals surface area (Å²) < 4.78 is 26.7. The number of carbonyl (C=O) groups excluding carboxylic acids is 1. The molecule has 41 heavy (non-hydrogen) atoms. The van der Waals surface area contributed by atoms with E-state index in [9.17, 15) is 4.79 Å². The smallest absolute Gasteiger partial charge is 0.371 e. The molecule has 0 spiro atoms. The zero-order valence-electron chi connectivity index (χ0n) is 30.1. The van der Waals surface area contributed by atoms with Gasteiger partial charge in [-0.15, -0.1) is 0 Å². The Morgan fingerprint density at radius 3 is 1.10 bits per heavy atom. The Morgan fingerprint density at radius 1 is 0.512 bits per heavy atom. The molecule has 0 aliphatic rings. The zero-order valence-corrected chi connectivity index (χ0v) is 34.1. The number of benzene rings is 1. The van der Waals surface area contributed by atoms with E-state index >= 15 is 0 Å². The van der Waals surface area contributed by atoms with E-state index in [2.05, 4.69) is 135 Å². The molecule has 0 saturated heterocycles. The predicted octanol–water partition coefficient (Wildman–Crippen LogP) is 10.9. The first kappa shape index (κ1) is 37.9. The van der Waals surface area contributed by atoms with Crippen LogP contribution >= 0.6 is 0 Å². The van der Waals surface area contributed by atoms with Gasteiger partial charge in [0.15, 0.2) is 5.75 Å². The van der Waals surface area contributed by atoms with E-state index in [4.69, 9.17) is 22.7 Å². The Morgan fingerprint density at radius 2 is 0.805 bits per heavy atom. The summed E-state index contributed by atoms with van der Waals surface area (Å²) in [6, 6.07) is 3.53. The third-order valence-electron chi connectivity index (χ3n) is 9.89. The van der Waals surface area contributed by atoms with Gasteiger partial charge in [0.2, 0.25) is 0 Å². The lowest BCUT2D eigenvalue weighted by atomic mass is 10.2. The fourth-order valence-corrected chi connectivity index (χ4v) is 6.09. The van der Waals surface area contributed by atoms with Crippen molar-refractivity contribution in [2.45, 2.75) is 156 Å². The highest BCUT2D eigenvalue weighted by atomic mass is 28.4. The summed E-state index contributed by atoms with van der Waals surface area (Å²) >= 11 is 0. The SMILES string of the molecule is CC(C)(C)[Si](C)(C)OOC(=O)c1cc(O[Si](C)(C)C(C)(C)C)c(O[Si](C)(C)C(C)(C)C)c(O[Si](C)(C)C(C)(C)C)c1. The molecule has 1 aromatic rings. The van der Waals surface area contributed by atoms with Crippen LogP contribution in [0.2, 0.25) is 72.5 Å². The predicted molar refractivity (Wildman–Crippen MR) is 184 cm³/mol. The second-order valence-corrected chi connectivity index (χ2v) is 36.5. The van der Waals surface area contributed by atoms with Crippen LogP contribution in [0.25, 0.3) is 0 Å². The van der Waals surface area contributed by atoms with E-state index in [-0.39, 0.29) is 20.2 Å². The number of hydrogen-bond donors (Lipinski definition) is 0. The average Bonchev–Trinajstić information content (AvgIpc) is 2.70. The van der Waals surface area contributed by atoms with Crippen LogP contribution < -0.4 is 13.3 Å². The normalized spacial score (nSPS) is 14.5. The van der Waals surface area contributed by atoms with E-state index in [1.54, 1.807) is 12.1 Å². The van der Waals surface area contributed by atoms with E-state index in [0.29, 0.717) is 22.8 Å². The lowest BCUT2D eigenvalue weighted by Crippen LogP contribution is -2.47. The fraction of sp³-hybridized carbons (Fsp3) is 0.774. The molecular formula is C31H62O6Si4. The highest BCUT2D eigenvalue weighted by Gasteiger charge is 2.45. The van der Waals surface area contributed by atoms with Crippen LogP contribution in [0.4, 0.5) is 0 Å². The minimum absolute atomic E-state index is 0.0515. The standard InChI is InChI=1S/C31H62O6Si4/c1-28(2,3)38(13,14)34-24-21-23(27(32)33-37-41(19,20)31(10,11)12)22-25(35-39(15,16)29(4,5)6)26(24)36-40(17,18)30(7,8)9/h21-22H,1-20H3. The van der Waals surface area contributed by atoms with Gasteiger partial charge in [-0.3, -0.25) is 0 Å². The maximum Gasteiger partial charge on any atom is 0.371 e. The van der Waals surface area contributed by atoms with Gasteiger partial charge in [-0.05, 0) is 84.7 Å². The molecule has 0 N–H and O–H groups in total. The molecular weight excluding hydrogens is 581 g/mol. The quantitative estimate of drug-likeness (QED) is 0.152. The van der Waals surface area contributed by atoms with Crippen LogP contribution in [-0.4, -0.2) is 39.2 Å². The molecule has 0 saturated carbocycles. The van der Waals surface area contributed by atoms with Gasteiger partial charge in [0.1, 0.15) is 11.5 Å². The van der Waals surface area contributed by atoms with E-state index < -0.39 is 39.2 Å². The summed E-state index contributed by atoms with van der Waals surface area (Å²) in [4.78, 5) is 19.1. The second kappa shape index (κ2) is 11.8. The Labute approximate surface area is 256 Å². The van der Waals surface area contributed by atoms with Crippen molar-refractivity contribution in [1.29, 1.82) is 0 Å². The number of rotatable bonds is 9. The monoisotopic (exact) mass is 642 g/mol. The third kappa shape index (κ3) is 9.20. The van der Waals surface area contributed by atoms with Crippen molar-refractivity contribution in [3.63, 3.8) is 0 Å². The van der Waals surface area contributed by atoms with Gasteiger partial charge in [-0.2, -0.15) is 0 Å². The second-order valence-electron chi connectivity index (χ2n) is 17.6. The topological polar surface area (TPSA) is 63.2 Å². The minimum atomic E-state index is -2.33. The molecule has 0 unspecified atom stereocenters. The van der Waals surface area contributed by atoms with Crippen LogP contribution in [0.1, 0.15) is 93.4 Å². The maximum absolute atomic E-state index is 13.6. The van der Waals surface area contributed by atoms with E-state index in [0.717, 1.165) is 0 Å². The van der Waals surface area contributed by atoms with Gasteiger partial charge in [-0.1, -0.05) is 83.1 Å². The summed E-state index contributed by atoms with van der Waals surface area (Å²) in [5.41, 5.74) is 0.328. The summed E-state index contributed by atoms with van der Waals surface area (Å²) in [6.45, 7) is 43.5. The number of hydrogen-bond acceptors (Lipinski definition) is 6. The van der Waals surface area contributed by atoms with Crippen LogP contribution in [0.3, 0.4) is 0 Å². The molecule has 0 atom stereocenters. The molecule has 1 rings (SSSR count). The Bertz CT molecular complexity index is 1030. The first-order valence-corrected chi connectivity index (χ1v) is 26.5. The molecule has 0 radical (unpaired) electrons. The molecule has 6 nitrogen and oxygen atoms in total. The van der Waals surface area contributed by atoms with Crippen molar-refractivity contribution in [3.8, 4) is 17.2 Å². The molecule has 0 fully saturated rings. The largest absolute Gasteiger partial charge is 0.541 e. The minimum Gasteiger partial charge on any atom is -0.541 e. The lowest BCUT2D eigenvalue weighted by molar-refractivity contribution is -0.163. The van der Waals surface area contributed by atoms with Crippen molar-refractivity contribution in [2.24, 2.45) is 0 Å². The molecule has 0 heterocycles. The van der Waals surface area contributed by atoms with Crippen molar-refractivity contribution in [2.75, 3.05) is 0 Å². The number of carbonyl (C=O) groups is 1. The lowest BCUT2D eigenvalue weighted by Gasteiger charge is -2.42. The molecule has 1 aromatic carbocycles. The van der Waals surface area contributed by atoms with Crippen LogP contribution in [-0.2, 0) is 9.46 Å². The summed E-state index contributed by atoms with van der Waals surface area (Å²) in [5.74, 6) is 1.11. The molecule has 0 amide bonds. The highest BCUT2D eigenvalue weighted by molar-refractivity contribution is 6.76. The molecule has 0 bridgehead atoms. The molecule has 238 valence electrons. The third-order valence-corrected chi connectivity index (χ3v) is 27.0. The summed E-state index contributed by atoms with van der Waals surface area (Å²) in [7, 11) is -9.32. The highest BCUT2D eigenvalue weighted by Crippen LogP contribution is 2.50. The van der Waals surface area contributed by atoms with Crippen molar-refractivity contribution < 1.29 is 27.5 Å². The van der Waals surface area contributed by atoms with E-state index in [1.807, 2.05) is 0 Å². The molecule has 0 aliphatic carbocycles. The fourth-order valence-electron chi connectivity index (χ4n) is 2.53. The van der Waals surface area contributed by atoms with Gasteiger partial charge in [0.05, 0.1) is 5.56 Å². The molecule has 10 heteroatoms.